The van der Waals surface area contributed by atoms with E-state index in [0.29, 0.717) is 23.8 Å². The summed E-state index contributed by atoms with van der Waals surface area (Å²) in [7, 11) is 1.36. The number of thiophene rings is 1. The average Bonchev–Trinajstić information content (AvgIpc) is 2.85. The van der Waals surface area contributed by atoms with Gasteiger partial charge in [-0.1, -0.05) is 0 Å². The number of nitrogens with one attached hydrogen (secondary N) is 1. The predicted molar refractivity (Wildman–Crippen MR) is 77.3 cm³/mol. The van der Waals surface area contributed by atoms with Gasteiger partial charge in [-0.3, -0.25) is 4.79 Å². The number of esters is 1. The van der Waals surface area contributed by atoms with E-state index < -0.39 is 0 Å². The first-order chi connectivity index (χ1) is 9.60. The molecule has 0 aliphatic rings. The van der Waals surface area contributed by atoms with Gasteiger partial charge in [-0.25, -0.2) is 4.79 Å². The Morgan fingerprint density at radius 1 is 1.30 bits per heavy atom. The molecule has 0 saturated carbocycles. The van der Waals surface area contributed by atoms with E-state index in [1.165, 1.54) is 25.4 Å². The molecule has 1 heterocycles. The van der Waals surface area contributed by atoms with Gasteiger partial charge in [0.05, 0.1) is 13.7 Å². The molecule has 0 atom stereocenters. The van der Waals surface area contributed by atoms with Gasteiger partial charge in [0.1, 0.15) is 17.2 Å². The van der Waals surface area contributed by atoms with Crippen LogP contribution in [0.2, 0.25) is 0 Å². The summed E-state index contributed by atoms with van der Waals surface area (Å²) in [6.07, 6.45) is 0. The van der Waals surface area contributed by atoms with E-state index in [1.807, 2.05) is 18.2 Å². The fourth-order valence-corrected chi connectivity index (χ4v) is 2.71. The molecule has 0 aliphatic carbocycles. The van der Waals surface area contributed by atoms with Gasteiger partial charge in [0.2, 0.25) is 5.91 Å². The maximum Gasteiger partial charge on any atom is 0.348 e. The second-order valence-electron chi connectivity index (χ2n) is 4.13. The largest absolute Gasteiger partial charge is 0.492 e. The van der Waals surface area contributed by atoms with Crippen molar-refractivity contribution >= 4 is 33.3 Å². The fourth-order valence-electron chi connectivity index (χ4n) is 1.70. The Hall–Kier alpha value is -2.08. The van der Waals surface area contributed by atoms with Gasteiger partial charge >= 0.3 is 5.97 Å². The quantitative estimate of drug-likeness (QED) is 0.678. The van der Waals surface area contributed by atoms with Crippen molar-refractivity contribution in [2.24, 2.45) is 0 Å². The standard InChI is InChI=1S/C14H15NO4S/c1-9(16)15-5-6-19-11-4-3-10-7-13(14(17)18-2)20-12(10)8-11/h3-4,7-8H,5-6H2,1-2H3,(H,15,16). The Balaban J connectivity index is 2.05. The van der Waals surface area contributed by atoms with E-state index in [4.69, 9.17) is 9.47 Å². The Kier molecular flexibility index (Phi) is 4.57. The van der Waals surface area contributed by atoms with Gasteiger partial charge < -0.3 is 14.8 Å². The molecule has 0 bridgehead atoms. The first-order valence-electron chi connectivity index (χ1n) is 6.09. The molecule has 20 heavy (non-hydrogen) atoms. The molecule has 0 radical (unpaired) electrons. The summed E-state index contributed by atoms with van der Waals surface area (Å²) < 4.78 is 11.2. The van der Waals surface area contributed by atoms with E-state index in [0.717, 1.165) is 10.1 Å². The lowest BCUT2D eigenvalue weighted by atomic mass is 10.2. The van der Waals surface area contributed by atoms with Crippen molar-refractivity contribution in [1.29, 1.82) is 0 Å². The van der Waals surface area contributed by atoms with Crippen LogP contribution in [-0.2, 0) is 9.53 Å². The first kappa shape index (κ1) is 14.3. The molecule has 1 aromatic carbocycles. The smallest absolute Gasteiger partial charge is 0.348 e. The molecule has 6 heteroatoms. The summed E-state index contributed by atoms with van der Waals surface area (Å²) in [5, 5.41) is 3.63. The highest BCUT2D eigenvalue weighted by atomic mass is 32.1. The van der Waals surface area contributed by atoms with Crippen LogP contribution in [0.3, 0.4) is 0 Å². The number of rotatable bonds is 5. The van der Waals surface area contributed by atoms with Crippen LogP contribution in [0.15, 0.2) is 24.3 Å². The van der Waals surface area contributed by atoms with E-state index in [1.54, 1.807) is 6.07 Å². The van der Waals surface area contributed by atoms with Crippen LogP contribution in [0, 0.1) is 0 Å². The fraction of sp³-hybridized carbons (Fsp3) is 0.286. The summed E-state index contributed by atoms with van der Waals surface area (Å²) in [6.45, 7) is 2.33. The number of carbonyl (C=O) groups is 2. The van der Waals surface area contributed by atoms with E-state index in [-0.39, 0.29) is 11.9 Å². The first-order valence-corrected chi connectivity index (χ1v) is 6.91. The molecule has 2 rings (SSSR count). The molecule has 0 fully saturated rings. The zero-order chi connectivity index (χ0) is 14.5. The number of fused-ring (bicyclic) bond motifs is 1. The predicted octanol–water partition coefficient (Wildman–Crippen LogP) is 2.20. The van der Waals surface area contributed by atoms with Gasteiger partial charge in [0.15, 0.2) is 0 Å². The number of carbonyl (C=O) groups excluding carboxylic acids is 2. The van der Waals surface area contributed by atoms with Crippen LogP contribution < -0.4 is 10.1 Å². The lowest BCUT2D eigenvalue weighted by Crippen LogP contribution is -2.25. The maximum absolute atomic E-state index is 11.5. The number of amides is 1. The van der Waals surface area contributed by atoms with Crippen LogP contribution in [0.25, 0.3) is 10.1 Å². The molecular weight excluding hydrogens is 278 g/mol. The normalized spacial score (nSPS) is 10.3. The Morgan fingerprint density at radius 3 is 2.80 bits per heavy atom. The van der Waals surface area contributed by atoms with Crippen LogP contribution in [-0.4, -0.2) is 32.1 Å². The monoisotopic (exact) mass is 293 g/mol. The second kappa shape index (κ2) is 6.38. The molecule has 0 unspecified atom stereocenters. The summed E-state index contributed by atoms with van der Waals surface area (Å²) in [4.78, 5) is 22.7. The van der Waals surface area contributed by atoms with Crippen LogP contribution in [0.4, 0.5) is 0 Å². The topological polar surface area (TPSA) is 64.6 Å². The minimum atomic E-state index is -0.334. The zero-order valence-corrected chi connectivity index (χ0v) is 12.1. The molecule has 5 nitrogen and oxygen atoms in total. The molecule has 0 aliphatic heterocycles. The highest BCUT2D eigenvalue weighted by Gasteiger charge is 2.10. The molecule has 106 valence electrons. The lowest BCUT2D eigenvalue weighted by Gasteiger charge is -2.06. The third kappa shape index (κ3) is 3.48. The van der Waals surface area contributed by atoms with Crippen LogP contribution >= 0.6 is 11.3 Å². The highest BCUT2D eigenvalue weighted by Crippen LogP contribution is 2.29. The number of hydrogen-bond acceptors (Lipinski definition) is 5. The molecule has 1 amide bonds. The summed E-state index contributed by atoms with van der Waals surface area (Å²) >= 11 is 1.36. The Bertz CT molecular complexity index is 635. The number of hydrogen-bond donors (Lipinski definition) is 1. The highest BCUT2D eigenvalue weighted by molar-refractivity contribution is 7.20. The second-order valence-corrected chi connectivity index (χ2v) is 5.22. The van der Waals surface area contributed by atoms with Crippen molar-refractivity contribution in [3.63, 3.8) is 0 Å². The lowest BCUT2D eigenvalue weighted by molar-refractivity contribution is -0.119. The molecule has 2 aromatic rings. The van der Waals surface area contributed by atoms with Crippen molar-refractivity contribution < 1.29 is 19.1 Å². The molecule has 1 aromatic heterocycles. The van der Waals surface area contributed by atoms with E-state index >= 15 is 0 Å². The van der Waals surface area contributed by atoms with Crippen molar-refractivity contribution in [3.05, 3.63) is 29.1 Å². The maximum atomic E-state index is 11.5. The SMILES string of the molecule is COC(=O)c1cc2ccc(OCCNC(C)=O)cc2s1. The minimum Gasteiger partial charge on any atom is -0.492 e. The summed E-state index contributed by atoms with van der Waals surface area (Å²) in [5.41, 5.74) is 0. The zero-order valence-electron chi connectivity index (χ0n) is 11.3. The minimum absolute atomic E-state index is 0.0787. The van der Waals surface area contributed by atoms with Gasteiger partial charge in [0, 0.05) is 11.6 Å². The summed E-state index contributed by atoms with van der Waals surface area (Å²) in [5.74, 6) is 0.297. The third-order valence-electron chi connectivity index (χ3n) is 2.62. The summed E-state index contributed by atoms with van der Waals surface area (Å²) in [6, 6.07) is 7.41. The van der Waals surface area contributed by atoms with Crippen LogP contribution in [0.1, 0.15) is 16.6 Å². The number of benzene rings is 1. The molecule has 1 N–H and O–H groups in total. The van der Waals surface area contributed by atoms with Gasteiger partial charge in [-0.05, 0) is 29.7 Å². The van der Waals surface area contributed by atoms with Crippen molar-refractivity contribution in [1.82, 2.24) is 5.32 Å². The third-order valence-corrected chi connectivity index (χ3v) is 3.70. The average molecular weight is 293 g/mol. The Morgan fingerprint density at radius 2 is 2.10 bits per heavy atom. The van der Waals surface area contributed by atoms with Gasteiger partial charge in [-0.15, -0.1) is 11.3 Å². The molecule has 0 saturated heterocycles. The van der Waals surface area contributed by atoms with Crippen LogP contribution in [0.5, 0.6) is 5.75 Å². The van der Waals surface area contributed by atoms with Gasteiger partial charge in [0.25, 0.3) is 0 Å². The van der Waals surface area contributed by atoms with Crippen molar-refractivity contribution in [3.8, 4) is 5.75 Å². The van der Waals surface area contributed by atoms with Crippen molar-refractivity contribution in [2.45, 2.75) is 6.92 Å². The number of ether oxygens (including phenoxy) is 2. The molecule has 0 spiro atoms. The Labute approximate surface area is 120 Å². The van der Waals surface area contributed by atoms with E-state index in [9.17, 15) is 9.59 Å². The van der Waals surface area contributed by atoms with Crippen molar-refractivity contribution in [2.75, 3.05) is 20.3 Å². The molecular formula is C14H15NO4S. The number of methoxy groups -OCH3 is 1. The van der Waals surface area contributed by atoms with E-state index in [2.05, 4.69) is 5.32 Å². The van der Waals surface area contributed by atoms with Gasteiger partial charge in [-0.2, -0.15) is 0 Å².